The number of anilines is 1. The van der Waals surface area contributed by atoms with Crippen molar-refractivity contribution in [2.75, 3.05) is 23.5 Å². The highest BCUT2D eigenvalue weighted by Gasteiger charge is 2.69. The fraction of sp³-hybridized carbons (Fsp3) is 0.537. The standard InChI is InChI=1S/C41H45N3O6S2/c1-3-40(14-4-5-15-40)19-29-27-8-7-26-25-12-16-41(36(26)35(27)38(47)49-29)30-9-6-23(2)21-51-52-22-43-31-18-24(13-17-42-31)28(34(25)37(41)39(48)50-30)20-44-32(45)10-11-33(44)46/h9-11,13,17-19,23,25-26,28,36H,3-8,12,14-16,20-22H2,1-2H3,(H,42,43). The number of ether oxygens (including phenoxy) is 2. The van der Waals surface area contributed by atoms with Crippen molar-refractivity contribution >= 4 is 51.2 Å². The van der Waals surface area contributed by atoms with E-state index in [2.05, 4.69) is 36.3 Å². The molecule has 10 rings (SSSR count). The fourth-order valence-electron chi connectivity index (χ4n) is 10.9. The van der Waals surface area contributed by atoms with Crippen molar-refractivity contribution in [2.24, 2.45) is 34.5 Å². The van der Waals surface area contributed by atoms with Crippen molar-refractivity contribution in [1.29, 1.82) is 0 Å². The summed E-state index contributed by atoms with van der Waals surface area (Å²) in [4.78, 5) is 60.9. The minimum absolute atomic E-state index is 0.0411. The molecular weight excluding hydrogens is 695 g/mol. The molecular formula is C41H45N3O6S2. The van der Waals surface area contributed by atoms with Crippen LogP contribution in [0.4, 0.5) is 5.82 Å². The predicted octanol–water partition coefficient (Wildman–Crippen LogP) is 7.76. The van der Waals surface area contributed by atoms with Gasteiger partial charge in [-0.1, -0.05) is 48.3 Å². The molecule has 2 amide bonds. The molecule has 1 aromatic rings. The van der Waals surface area contributed by atoms with Gasteiger partial charge < -0.3 is 14.8 Å². The van der Waals surface area contributed by atoms with E-state index in [1.165, 1.54) is 29.9 Å². The number of amides is 2. The maximum Gasteiger partial charge on any atom is 0.340 e. The van der Waals surface area contributed by atoms with Gasteiger partial charge in [-0.3, -0.25) is 14.5 Å². The summed E-state index contributed by atoms with van der Waals surface area (Å²) in [5, 5.41) is 3.44. The Morgan fingerprint density at radius 2 is 1.85 bits per heavy atom. The van der Waals surface area contributed by atoms with E-state index >= 15 is 0 Å². The van der Waals surface area contributed by atoms with Crippen LogP contribution < -0.4 is 5.32 Å². The van der Waals surface area contributed by atoms with Gasteiger partial charge in [0.25, 0.3) is 11.8 Å². The zero-order chi connectivity index (χ0) is 35.8. The average molecular weight is 740 g/mol. The molecule has 0 radical (unpaired) electrons. The van der Waals surface area contributed by atoms with Gasteiger partial charge in [0.2, 0.25) is 0 Å². The fourth-order valence-corrected chi connectivity index (χ4v) is 13.1. The summed E-state index contributed by atoms with van der Waals surface area (Å²) in [6, 6.07) is 3.94. The molecule has 3 fully saturated rings. The number of cyclic esters (lactones) is 1. The van der Waals surface area contributed by atoms with Crippen LogP contribution in [0.1, 0.15) is 89.5 Å². The molecule has 6 atom stereocenters. The Bertz CT molecular complexity index is 1900. The zero-order valence-electron chi connectivity index (χ0n) is 29.8. The van der Waals surface area contributed by atoms with Gasteiger partial charge in [0.1, 0.15) is 17.3 Å². The van der Waals surface area contributed by atoms with E-state index in [-0.39, 0.29) is 53.5 Å². The number of fused-ring (bicyclic) bond motifs is 3. The van der Waals surface area contributed by atoms with E-state index in [1.807, 2.05) is 12.1 Å². The first-order valence-electron chi connectivity index (χ1n) is 19.1. The highest BCUT2D eigenvalue weighted by Crippen LogP contribution is 2.72. The van der Waals surface area contributed by atoms with Crippen molar-refractivity contribution in [1.82, 2.24) is 9.88 Å². The van der Waals surface area contributed by atoms with Crippen LogP contribution in [0.5, 0.6) is 0 Å². The summed E-state index contributed by atoms with van der Waals surface area (Å²) in [6.07, 6.45) is 18.3. The van der Waals surface area contributed by atoms with E-state index in [4.69, 9.17) is 9.47 Å². The monoisotopic (exact) mass is 739 g/mol. The number of nitrogens with zero attached hydrogens (tertiary/aromatic N) is 2. The zero-order valence-corrected chi connectivity index (χ0v) is 31.4. The summed E-state index contributed by atoms with van der Waals surface area (Å²) < 4.78 is 12.7. The van der Waals surface area contributed by atoms with Crippen LogP contribution in [0.2, 0.25) is 0 Å². The second kappa shape index (κ2) is 13.1. The van der Waals surface area contributed by atoms with Crippen LogP contribution in [-0.4, -0.2) is 51.8 Å². The Balaban J connectivity index is 1.26. The second-order valence-electron chi connectivity index (χ2n) is 16.0. The van der Waals surface area contributed by atoms with Crippen LogP contribution in [0.3, 0.4) is 0 Å². The van der Waals surface area contributed by atoms with Crippen LogP contribution >= 0.6 is 21.6 Å². The summed E-state index contributed by atoms with van der Waals surface area (Å²) in [5.41, 5.74) is 3.46. The number of imide groups is 1. The Labute approximate surface area is 312 Å². The first kappa shape index (κ1) is 34.2. The highest BCUT2D eigenvalue weighted by molar-refractivity contribution is 8.76. The van der Waals surface area contributed by atoms with Gasteiger partial charge in [-0.2, -0.15) is 0 Å². The first-order chi connectivity index (χ1) is 25.2. The molecule has 1 spiro atoms. The number of hydrogen-bond acceptors (Lipinski definition) is 10. The van der Waals surface area contributed by atoms with E-state index in [1.54, 1.807) is 27.8 Å². The van der Waals surface area contributed by atoms with Gasteiger partial charge >= 0.3 is 11.9 Å². The lowest BCUT2D eigenvalue weighted by atomic mass is 9.43. The van der Waals surface area contributed by atoms with Gasteiger partial charge in [-0.15, -0.1) is 0 Å². The molecule has 11 heteroatoms. The number of allylic oxidation sites excluding steroid dienone is 4. The van der Waals surface area contributed by atoms with Gasteiger partial charge in [-0.25, -0.2) is 14.6 Å². The molecule has 1 saturated heterocycles. The van der Waals surface area contributed by atoms with Crippen molar-refractivity contribution in [3.8, 4) is 0 Å². The summed E-state index contributed by atoms with van der Waals surface area (Å²) in [5.74, 6) is 2.01. The maximum absolute atomic E-state index is 14.6. The molecule has 5 heterocycles. The molecule has 6 unspecified atom stereocenters. The molecule has 272 valence electrons. The molecule has 1 aromatic heterocycles. The number of pyridine rings is 1. The third kappa shape index (κ3) is 5.30. The van der Waals surface area contributed by atoms with Crippen LogP contribution in [-0.2, 0) is 28.7 Å². The molecule has 9 nitrogen and oxygen atoms in total. The minimum atomic E-state index is -0.834. The number of hydrogen-bond donors (Lipinski definition) is 1. The summed E-state index contributed by atoms with van der Waals surface area (Å²) in [6.45, 7) is 4.56. The summed E-state index contributed by atoms with van der Waals surface area (Å²) >= 11 is 0. The normalized spacial score (nSPS) is 34.4. The van der Waals surface area contributed by atoms with Crippen molar-refractivity contribution in [2.45, 2.75) is 84.0 Å². The number of rotatable bonds is 4. The topological polar surface area (TPSA) is 115 Å². The number of esters is 2. The predicted molar refractivity (Wildman–Crippen MR) is 200 cm³/mol. The number of carbonyl (C=O) groups excluding carboxylic acids is 4. The molecule has 52 heavy (non-hydrogen) atoms. The highest BCUT2D eigenvalue weighted by atomic mass is 33.1. The molecule has 9 aliphatic rings. The molecule has 0 aromatic carbocycles. The lowest BCUT2D eigenvalue weighted by Crippen LogP contribution is -2.53. The summed E-state index contributed by atoms with van der Waals surface area (Å²) in [7, 11) is 3.53. The quantitative estimate of drug-likeness (QED) is 0.187. The van der Waals surface area contributed by atoms with E-state index in [0.717, 1.165) is 78.7 Å². The second-order valence-corrected chi connectivity index (χ2v) is 18.5. The van der Waals surface area contributed by atoms with E-state index in [9.17, 15) is 19.2 Å². The SMILES string of the molecule is CCC1(C=C2OC(=O)C3=C2CCC2C4CCC5(C6=CCC(C)CSSCNc7cc(ccn7)C(CN7C(=O)C=CC7=O)C4=C5C(=O)O6)C32)CCCC1. The number of aromatic nitrogens is 1. The molecule has 7 bridgehead atoms. The largest absolute Gasteiger partial charge is 0.427 e. The van der Waals surface area contributed by atoms with Crippen molar-refractivity contribution < 1.29 is 28.7 Å². The van der Waals surface area contributed by atoms with Crippen molar-refractivity contribution in [3.05, 3.63) is 82.0 Å². The smallest absolute Gasteiger partial charge is 0.340 e. The number of nitrogens with one attached hydrogen (secondary N) is 1. The minimum Gasteiger partial charge on any atom is -0.427 e. The molecule has 2 saturated carbocycles. The molecule has 5 aliphatic carbocycles. The lowest BCUT2D eigenvalue weighted by Gasteiger charge is -2.57. The average Bonchev–Trinajstić information content (AvgIpc) is 3.91. The van der Waals surface area contributed by atoms with Gasteiger partial charge in [0.05, 0.1) is 16.9 Å². The van der Waals surface area contributed by atoms with Gasteiger partial charge in [-0.05, 0) is 110 Å². The van der Waals surface area contributed by atoms with Crippen molar-refractivity contribution in [3.63, 3.8) is 0 Å². The lowest BCUT2D eigenvalue weighted by molar-refractivity contribution is -0.137. The van der Waals surface area contributed by atoms with E-state index < -0.39 is 11.3 Å². The Hall–Kier alpha value is -3.57. The Kier molecular flexibility index (Phi) is 8.60. The van der Waals surface area contributed by atoms with Gasteiger partial charge in [0.15, 0.2) is 0 Å². The maximum atomic E-state index is 14.6. The molecule has 1 N–H and O–H groups in total. The third-order valence-corrected chi connectivity index (χ3v) is 15.8. The van der Waals surface area contributed by atoms with Crippen LogP contribution in [0.15, 0.2) is 76.4 Å². The third-order valence-electron chi connectivity index (χ3n) is 13.4. The molecule has 4 aliphatic heterocycles. The van der Waals surface area contributed by atoms with Crippen LogP contribution in [0, 0.1) is 34.5 Å². The van der Waals surface area contributed by atoms with Gasteiger partial charge in [0, 0.05) is 53.6 Å². The van der Waals surface area contributed by atoms with Crippen LogP contribution in [0.25, 0.3) is 0 Å². The number of carbonyl (C=O) groups is 4. The Morgan fingerprint density at radius 3 is 2.63 bits per heavy atom. The van der Waals surface area contributed by atoms with E-state index in [0.29, 0.717) is 35.4 Å². The Morgan fingerprint density at radius 1 is 1.04 bits per heavy atom. The first-order valence-corrected chi connectivity index (χ1v) is 21.6.